The highest BCUT2D eigenvalue weighted by molar-refractivity contribution is 5.96. The molecule has 1 fully saturated rings. The molecule has 12 nitrogen and oxygen atoms in total. The summed E-state index contributed by atoms with van der Waals surface area (Å²) in [6.07, 6.45) is 4.38. The fraction of sp³-hybridized carbons (Fsp3) is 0.455. The van der Waals surface area contributed by atoms with Crippen LogP contribution < -0.4 is 24.3 Å². The number of hydrogen-bond acceptors (Lipinski definition) is 12. The Morgan fingerprint density at radius 3 is 2.43 bits per heavy atom. The standard InChI is InChI=1S/C55H63NO11/c1-4-32-26-41(33-11-9-12-36(58)24-33)34(27-47(32)60)23-35-25-39(65-38-13-5-6-14-38)29-43-52(61)45(31-64-53(35)43)51-49(16-10-21-62-3)67-54-40-18-17-37(59)28-42(40)50-30-44(54)55(51)66-48(19-20-57)46(56-2)15-7-8-22-63-50/h9,11-12,17-18,24-30,38,45-46,48-49,51-52,55-61H,4-6,10,13-16,19-23,31H2,1-3H3. The third-order valence-corrected chi connectivity index (χ3v) is 14.2. The van der Waals surface area contributed by atoms with E-state index in [9.17, 15) is 25.5 Å². The fourth-order valence-corrected chi connectivity index (χ4v) is 10.8. The number of methoxy groups -OCH3 is 1. The van der Waals surface area contributed by atoms with E-state index in [1.54, 1.807) is 37.4 Å². The molecular weight excluding hydrogens is 851 g/mol. The topological polar surface area (TPSA) is 169 Å². The number of fused-ring (bicyclic) bond motifs is 5. The van der Waals surface area contributed by atoms with Crippen LogP contribution in [0.3, 0.4) is 0 Å². The van der Waals surface area contributed by atoms with Crippen LogP contribution in [0, 0.1) is 23.7 Å². The molecule has 7 atom stereocenters. The van der Waals surface area contributed by atoms with Crippen molar-refractivity contribution in [1.29, 1.82) is 0 Å². The zero-order valence-corrected chi connectivity index (χ0v) is 38.6. The number of aliphatic hydroxyl groups is 2. The molecule has 1 saturated carbocycles. The molecule has 0 amide bonds. The van der Waals surface area contributed by atoms with Gasteiger partial charge in [0, 0.05) is 78.5 Å². The van der Waals surface area contributed by atoms with E-state index in [1.165, 1.54) is 0 Å². The summed E-state index contributed by atoms with van der Waals surface area (Å²) in [5.41, 5.74) is 5.45. The number of nitrogens with one attached hydrogen (secondary N) is 1. The van der Waals surface area contributed by atoms with Crippen LogP contribution in [0.4, 0.5) is 0 Å². The molecule has 5 aromatic rings. The molecular formula is C55H63NO11. The number of phenolic OH excluding ortho intramolecular Hbond substituents is 3. The summed E-state index contributed by atoms with van der Waals surface area (Å²) < 4.78 is 40.2. The van der Waals surface area contributed by atoms with Crippen molar-refractivity contribution < 1.29 is 54.0 Å². The van der Waals surface area contributed by atoms with Crippen LogP contribution in [0.5, 0.6) is 40.2 Å². The van der Waals surface area contributed by atoms with Crippen LogP contribution in [0.2, 0.25) is 0 Å². The van der Waals surface area contributed by atoms with Crippen molar-refractivity contribution in [3.05, 3.63) is 101 Å². The lowest BCUT2D eigenvalue weighted by Crippen LogP contribution is -2.49. The number of aryl methyl sites for hydroxylation is 1. The summed E-state index contributed by atoms with van der Waals surface area (Å²) >= 11 is 0. The summed E-state index contributed by atoms with van der Waals surface area (Å²) in [6.45, 7) is 2.64. The van der Waals surface area contributed by atoms with Crippen molar-refractivity contribution >= 4 is 10.8 Å². The minimum Gasteiger partial charge on any atom is -0.508 e. The zero-order chi connectivity index (χ0) is 46.6. The van der Waals surface area contributed by atoms with Gasteiger partial charge in [-0.1, -0.05) is 30.9 Å². The smallest absolute Gasteiger partial charge is 0.149 e. The Bertz CT molecular complexity index is 2610. The fourth-order valence-electron chi connectivity index (χ4n) is 10.8. The quantitative estimate of drug-likeness (QED) is 0.0464. The Balaban J connectivity index is 1.18. The lowest BCUT2D eigenvalue weighted by Gasteiger charge is -2.47. The lowest BCUT2D eigenvalue weighted by molar-refractivity contribution is -0.141. The summed E-state index contributed by atoms with van der Waals surface area (Å²) in [6, 6.07) is 21.7. The first-order chi connectivity index (χ1) is 32.7. The molecule has 354 valence electrons. The van der Waals surface area contributed by atoms with E-state index in [-0.39, 0.29) is 49.2 Å². The minimum atomic E-state index is -1.06. The average Bonchev–Trinajstić information content (AvgIpc) is 3.83. The number of aromatic hydroxyl groups is 3. The molecule has 9 rings (SSSR count). The summed E-state index contributed by atoms with van der Waals surface area (Å²) in [4.78, 5) is 0. The van der Waals surface area contributed by atoms with Crippen molar-refractivity contribution in [2.45, 2.75) is 108 Å². The summed E-state index contributed by atoms with van der Waals surface area (Å²) in [7, 11) is 3.55. The van der Waals surface area contributed by atoms with Crippen molar-refractivity contribution in [2.24, 2.45) is 11.8 Å². The van der Waals surface area contributed by atoms with E-state index in [1.807, 2.05) is 56.4 Å². The highest BCUT2D eigenvalue weighted by Gasteiger charge is 2.50. The molecule has 0 aromatic heterocycles. The molecule has 0 spiro atoms. The predicted molar refractivity (Wildman–Crippen MR) is 255 cm³/mol. The number of ether oxygens (including phenoxy) is 6. The number of phenols is 3. The van der Waals surface area contributed by atoms with Crippen LogP contribution in [-0.2, 0) is 22.3 Å². The Labute approximate surface area is 392 Å². The molecule has 6 N–H and O–H groups in total. The highest BCUT2D eigenvalue weighted by atomic mass is 16.5. The van der Waals surface area contributed by atoms with Gasteiger partial charge < -0.3 is 59.3 Å². The second-order valence-corrected chi connectivity index (χ2v) is 18.4. The highest BCUT2D eigenvalue weighted by Crippen LogP contribution is 2.55. The second-order valence-electron chi connectivity index (χ2n) is 18.4. The second kappa shape index (κ2) is 20.7. The molecule has 67 heavy (non-hydrogen) atoms. The van der Waals surface area contributed by atoms with Crippen molar-refractivity contribution in [3.63, 3.8) is 0 Å². The molecule has 3 heterocycles. The van der Waals surface area contributed by atoms with Gasteiger partial charge in [0.05, 0.1) is 31.0 Å². The predicted octanol–water partition coefficient (Wildman–Crippen LogP) is 8.83. The van der Waals surface area contributed by atoms with Crippen LogP contribution in [0.1, 0.15) is 98.3 Å². The average molecular weight is 914 g/mol. The van der Waals surface area contributed by atoms with Gasteiger partial charge in [0.15, 0.2) is 0 Å². The van der Waals surface area contributed by atoms with Crippen molar-refractivity contribution in [1.82, 2.24) is 5.32 Å². The SMILES string of the molecule is CCc1cc(-c2cccc(O)c2)c(Cc2cc(OC3CCCC3)cc3c2OCC(C2C(CCCOC)Oc4c5cc(c6cc(O)ccc46)OCC#CCC(NC)C(CCO)OC52)C3O)cc1O. The van der Waals surface area contributed by atoms with Gasteiger partial charge in [-0.25, -0.2) is 0 Å². The summed E-state index contributed by atoms with van der Waals surface area (Å²) in [5, 5.41) is 60.9. The molecule has 0 saturated heterocycles. The number of aliphatic hydroxyl groups excluding tert-OH is 2. The first kappa shape index (κ1) is 46.4. The Kier molecular flexibility index (Phi) is 14.3. The third-order valence-electron chi connectivity index (χ3n) is 14.2. The van der Waals surface area contributed by atoms with Crippen molar-refractivity contribution in [3.8, 4) is 63.2 Å². The Morgan fingerprint density at radius 1 is 0.821 bits per heavy atom. The first-order valence-electron chi connectivity index (χ1n) is 23.9. The maximum atomic E-state index is 13.1. The molecule has 4 aliphatic rings. The van der Waals surface area contributed by atoms with Gasteiger partial charge in [0.25, 0.3) is 0 Å². The Morgan fingerprint density at radius 2 is 1.66 bits per heavy atom. The normalized spacial score (nSPS) is 23.7. The van der Waals surface area contributed by atoms with E-state index in [0.717, 1.165) is 64.5 Å². The van der Waals surface area contributed by atoms with E-state index >= 15 is 0 Å². The molecule has 7 unspecified atom stereocenters. The number of benzene rings is 5. The van der Waals surface area contributed by atoms with Crippen LogP contribution in [-0.4, -0.2) is 90.5 Å². The number of likely N-dealkylation sites (N-methyl/N-ethyl adjacent to an activating group) is 1. The van der Waals surface area contributed by atoms with Gasteiger partial charge in [-0.05, 0) is 141 Å². The van der Waals surface area contributed by atoms with E-state index < -0.39 is 36.3 Å². The van der Waals surface area contributed by atoms with Crippen LogP contribution in [0.25, 0.3) is 21.9 Å². The van der Waals surface area contributed by atoms with Gasteiger partial charge in [-0.2, -0.15) is 0 Å². The largest absolute Gasteiger partial charge is 0.508 e. The molecule has 1 aliphatic carbocycles. The molecule has 2 bridgehead atoms. The molecule has 12 heteroatoms. The monoisotopic (exact) mass is 913 g/mol. The maximum Gasteiger partial charge on any atom is 0.149 e. The van der Waals surface area contributed by atoms with E-state index in [0.29, 0.717) is 79.1 Å². The first-order valence-corrected chi connectivity index (χ1v) is 23.9. The van der Waals surface area contributed by atoms with E-state index in [4.69, 9.17) is 28.4 Å². The van der Waals surface area contributed by atoms with Gasteiger partial charge in [-0.3, -0.25) is 0 Å². The van der Waals surface area contributed by atoms with Crippen molar-refractivity contribution in [2.75, 3.05) is 40.6 Å². The minimum absolute atomic E-state index is 0.0403. The molecule has 3 aliphatic heterocycles. The van der Waals surface area contributed by atoms with Gasteiger partial charge in [-0.15, -0.1) is 0 Å². The zero-order valence-electron chi connectivity index (χ0n) is 38.6. The number of hydrogen-bond donors (Lipinski definition) is 6. The van der Waals surface area contributed by atoms with Crippen LogP contribution >= 0.6 is 0 Å². The lowest BCUT2D eigenvalue weighted by atomic mass is 9.72. The maximum absolute atomic E-state index is 13.1. The molecule has 5 aromatic carbocycles. The van der Waals surface area contributed by atoms with Crippen LogP contribution in [0.15, 0.2) is 72.8 Å². The van der Waals surface area contributed by atoms with Gasteiger partial charge in [0.2, 0.25) is 0 Å². The van der Waals surface area contributed by atoms with Gasteiger partial charge in [0.1, 0.15) is 53.0 Å². The number of rotatable bonds is 14. The summed E-state index contributed by atoms with van der Waals surface area (Å²) in [5.74, 6) is 8.09. The van der Waals surface area contributed by atoms with Gasteiger partial charge >= 0.3 is 0 Å². The van der Waals surface area contributed by atoms with E-state index in [2.05, 4.69) is 17.2 Å². The molecule has 0 radical (unpaired) electrons. The third kappa shape index (κ3) is 9.72. The Hall–Kier alpha value is -5.68.